The number of hydrogen-bond donors (Lipinski definition) is 0. The molecular weight excluding hydrogens is 248 g/mol. The van der Waals surface area contributed by atoms with Gasteiger partial charge in [-0.2, -0.15) is 0 Å². The molecule has 0 aliphatic heterocycles. The molecule has 0 spiro atoms. The molecule has 3 rings (SSSR count). The molecule has 112 valence electrons. The monoisotopic (exact) mass is 276 g/mol. The standard InChI is InChI=1S/C16H28N4/c1-4-19(15-8-6-5-7-12(15)2)11-16-18-17-13(3)20(16)14-9-10-14/h12,14-15H,4-11H2,1-3H3/t12-,15-/m1/s1. The molecule has 4 nitrogen and oxygen atoms in total. The first kappa shape index (κ1) is 14.1. The normalized spacial score (nSPS) is 27.2. The number of aromatic nitrogens is 3. The third-order valence-corrected chi connectivity index (χ3v) is 5.13. The van der Waals surface area contributed by atoms with Gasteiger partial charge in [0.15, 0.2) is 0 Å². The number of hydrogen-bond acceptors (Lipinski definition) is 3. The molecule has 1 heterocycles. The van der Waals surface area contributed by atoms with Crippen molar-refractivity contribution in [2.24, 2.45) is 5.92 Å². The van der Waals surface area contributed by atoms with Crippen LogP contribution in [0.3, 0.4) is 0 Å². The van der Waals surface area contributed by atoms with Crippen LogP contribution >= 0.6 is 0 Å². The van der Waals surface area contributed by atoms with Crippen LogP contribution in [0.2, 0.25) is 0 Å². The molecule has 0 radical (unpaired) electrons. The fourth-order valence-corrected chi connectivity index (χ4v) is 3.81. The Morgan fingerprint density at radius 2 is 1.90 bits per heavy atom. The Labute approximate surface area is 122 Å². The predicted molar refractivity (Wildman–Crippen MR) is 80.5 cm³/mol. The Kier molecular flexibility index (Phi) is 4.11. The zero-order valence-electron chi connectivity index (χ0n) is 13.2. The lowest BCUT2D eigenvalue weighted by atomic mass is 9.85. The first-order valence-electron chi connectivity index (χ1n) is 8.35. The van der Waals surface area contributed by atoms with Gasteiger partial charge in [-0.25, -0.2) is 0 Å². The third kappa shape index (κ3) is 2.76. The zero-order chi connectivity index (χ0) is 14.1. The van der Waals surface area contributed by atoms with Crippen LogP contribution in [-0.4, -0.2) is 32.3 Å². The lowest BCUT2D eigenvalue weighted by Crippen LogP contribution is -2.41. The van der Waals surface area contributed by atoms with Gasteiger partial charge in [-0.15, -0.1) is 10.2 Å². The summed E-state index contributed by atoms with van der Waals surface area (Å²) in [6.07, 6.45) is 8.14. The number of aryl methyl sites for hydroxylation is 1. The molecule has 0 aromatic carbocycles. The Morgan fingerprint density at radius 3 is 2.55 bits per heavy atom. The van der Waals surface area contributed by atoms with Crippen LogP contribution in [0.15, 0.2) is 0 Å². The van der Waals surface area contributed by atoms with Gasteiger partial charge in [0.2, 0.25) is 0 Å². The van der Waals surface area contributed by atoms with Crippen molar-refractivity contribution in [1.82, 2.24) is 19.7 Å². The van der Waals surface area contributed by atoms with Gasteiger partial charge in [0.25, 0.3) is 0 Å². The topological polar surface area (TPSA) is 34.0 Å². The quantitative estimate of drug-likeness (QED) is 0.827. The molecule has 4 heteroatoms. The van der Waals surface area contributed by atoms with Crippen LogP contribution in [-0.2, 0) is 6.54 Å². The molecular formula is C16H28N4. The molecule has 0 saturated heterocycles. The highest BCUT2D eigenvalue weighted by atomic mass is 15.3. The van der Waals surface area contributed by atoms with Crippen molar-refractivity contribution in [1.29, 1.82) is 0 Å². The second-order valence-corrected chi connectivity index (χ2v) is 6.66. The summed E-state index contributed by atoms with van der Waals surface area (Å²) in [6, 6.07) is 1.42. The molecule has 0 amide bonds. The van der Waals surface area contributed by atoms with Crippen LogP contribution in [0, 0.1) is 12.8 Å². The van der Waals surface area contributed by atoms with Gasteiger partial charge >= 0.3 is 0 Å². The molecule has 2 aliphatic rings. The lowest BCUT2D eigenvalue weighted by Gasteiger charge is -2.37. The van der Waals surface area contributed by atoms with Gasteiger partial charge < -0.3 is 4.57 Å². The zero-order valence-corrected chi connectivity index (χ0v) is 13.2. The number of rotatable bonds is 5. The van der Waals surface area contributed by atoms with E-state index in [1.807, 2.05) is 0 Å². The van der Waals surface area contributed by atoms with Crippen LogP contribution in [0.1, 0.15) is 70.1 Å². The second kappa shape index (κ2) is 5.84. The predicted octanol–water partition coefficient (Wildman–Crippen LogP) is 3.32. The summed E-state index contributed by atoms with van der Waals surface area (Å²) in [5, 5.41) is 8.77. The van der Waals surface area contributed by atoms with Gasteiger partial charge in [-0.05, 0) is 45.1 Å². The molecule has 1 aromatic rings. The van der Waals surface area contributed by atoms with E-state index in [0.717, 1.165) is 30.9 Å². The van der Waals surface area contributed by atoms with E-state index in [1.54, 1.807) is 0 Å². The first-order valence-corrected chi connectivity index (χ1v) is 8.35. The summed E-state index contributed by atoms with van der Waals surface area (Å²) in [5.41, 5.74) is 0. The maximum Gasteiger partial charge on any atom is 0.147 e. The van der Waals surface area contributed by atoms with E-state index in [4.69, 9.17) is 0 Å². The van der Waals surface area contributed by atoms with Gasteiger partial charge in [-0.1, -0.05) is 26.7 Å². The average Bonchev–Trinajstić information content (AvgIpc) is 3.21. The van der Waals surface area contributed by atoms with Crippen molar-refractivity contribution in [3.63, 3.8) is 0 Å². The summed E-state index contributed by atoms with van der Waals surface area (Å²) in [7, 11) is 0. The Morgan fingerprint density at radius 1 is 1.15 bits per heavy atom. The van der Waals surface area contributed by atoms with Crippen molar-refractivity contribution in [2.45, 2.75) is 77.9 Å². The minimum absolute atomic E-state index is 0.683. The van der Waals surface area contributed by atoms with Gasteiger partial charge in [0.1, 0.15) is 11.6 Å². The second-order valence-electron chi connectivity index (χ2n) is 6.66. The van der Waals surface area contributed by atoms with Crippen LogP contribution in [0.5, 0.6) is 0 Å². The Bertz CT molecular complexity index is 449. The van der Waals surface area contributed by atoms with Crippen LogP contribution < -0.4 is 0 Å². The van der Waals surface area contributed by atoms with Crippen molar-refractivity contribution in [3.8, 4) is 0 Å². The fourth-order valence-electron chi connectivity index (χ4n) is 3.81. The van der Waals surface area contributed by atoms with E-state index in [1.165, 1.54) is 44.3 Å². The van der Waals surface area contributed by atoms with E-state index in [-0.39, 0.29) is 0 Å². The smallest absolute Gasteiger partial charge is 0.147 e. The summed E-state index contributed by atoms with van der Waals surface area (Å²) < 4.78 is 2.39. The molecule has 2 atom stereocenters. The van der Waals surface area contributed by atoms with Crippen molar-refractivity contribution < 1.29 is 0 Å². The van der Waals surface area contributed by atoms with Gasteiger partial charge in [0.05, 0.1) is 6.54 Å². The molecule has 1 aromatic heterocycles. The molecule has 0 unspecified atom stereocenters. The molecule has 2 fully saturated rings. The van der Waals surface area contributed by atoms with E-state index in [9.17, 15) is 0 Å². The van der Waals surface area contributed by atoms with Crippen molar-refractivity contribution in [2.75, 3.05) is 6.54 Å². The summed E-state index contributed by atoms with van der Waals surface area (Å²) in [6.45, 7) is 8.89. The highest BCUT2D eigenvalue weighted by molar-refractivity contribution is 5.02. The minimum atomic E-state index is 0.683. The lowest BCUT2D eigenvalue weighted by molar-refractivity contribution is 0.106. The SMILES string of the molecule is CCN(Cc1nnc(C)n1C1CC1)[C@@H]1CCCC[C@H]1C. The third-order valence-electron chi connectivity index (χ3n) is 5.13. The Hall–Kier alpha value is -0.900. The van der Waals surface area contributed by atoms with Crippen LogP contribution in [0.4, 0.5) is 0 Å². The molecule has 0 bridgehead atoms. The minimum Gasteiger partial charge on any atom is -0.311 e. The van der Waals surface area contributed by atoms with Crippen molar-refractivity contribution >= 4 is 0 Å². The molecule has 20 heavy (non-hydrogen) atoms. The van der Waals surface area contributed by atoms with E-state index < -0.39 is 0 Å². The molecule has 2 saturated carbocycles. The maximum absolute atomic E-state index is 4.46. The molecule has 2 aliphatic carbocycles. The number of nitrogens with zero attached hydrogens (tertiary/aromatic N) is 4. The van der Waals surface area contributed by atoms with Gasteiger partial charge in [0, 0.05) is 12.1 Å². The Balaban J connectivity index is 1.74. The summed E-state index contributed by atoms with van der Waals surface area (Å²) in [4.78, 5) is 2.63. The van der Waals surface area contributed by atoms with E-state index >= 15 is 0 Å². The largest absolute Gasteiger partial charge is 0.311 e. The summed E-state index contributed by atoms with van der Waals surface area (Å²) >= 11 is 0. The highest BCUT2D eigenvalue weighted by Gasteiger charge is 2.31. The first-order chi connectivity index (χ1) is 9.70. The highest BCUT2D eigenvalue weighted by Crippen LogP contribution is 2.37. The van der Waals surface area contributed by atoms with Crippen molar-refractivity contribution in [3.05, 3.63) is 11.6 Å². The fraction of sp³-hybridized carbons (Fsp3) is 0.875. The maximum atomic E-state index is 4.46. The van der Waals surface area contributed by atoms with E-state index in [2.05, 4.69) is 40.4 Å². The summed E-state index contributed by atoms with van der Waals surface area (Å²) in [5.74, 6) is 3.10. The van der Waals surface area contributed by atoms with E-state index in [0.29, 0.717) is 6.04 Å². The average molecular weight is 276 g/mol. The van der Waals surface area contributed by atoms with Gasteiger partial charge in [-0.3, -0.25) is 4.90 Å². The molecule has 0 N–H and O–H groups in total. The van der Waals surface area contributed by atoms with Crippen LogP contribution in [0.25, 0.3) is 0 Å².